The molecule has 1 aromatic heterocycles. The third kappa shape index (κ3) is 3.36. The normalized spacial score (nSPS) is 11.7. The number of nitrogens with one attached hydrogen (secondary N) is 1. The molecule has 0 unspecified atom stereocenters. The third-order valence-corrected chi connectivity index (χ3v) is 3.69. The van der Waals surface area contributed by atoms with E-state index in [1.165, 1.54) is 11.3 Å². The van der Waals surface area contributed by atoms with Gasteiger partial charge in [-0.05, 0) is 38.5 Å². The number of rotatable bonds is 5. The molecule has 0 aliphatic rings. The zero-order chi connectivity index (χ0) is 14.5. The fourth-order valence-electron chi connectivity index (χ4n) is 1.81. The molecule has 0 spiro atoms. The quantitative estimate of drug-likeness (QED) is 0.847. The number of nitrogens with zero attached hydrogens (tertiary/aromatic N) is 1. The highest BCUT2D eigenvalue weighted by Crippen LogP contribution is 2.29. The zero-order valence-electron chi connectivity index (χ0n) is 11.9. The molecule has 20 heavy (non-hydrogen) atoms. The number of carbonyl (C=O) groups is 1. The molecule has 5 heteroatoms. The molecular weight excluding hydrogens is 272 g/mol. The Kier molecular flexibility index (Phi) is 4.74. The Morgan fingerprint density at radius 3 is 2.95 bits per heavy atom. The number of anilines is 1. The maximum Gasteiger partial charge on any atom is 0.252 e. The second-order valence-electron chi connectivity index (χ2n) is 4.33. The summed E-state index contributed by atoms with van der Waals surface area (Å²) in [6.07, 6.45) is 2.74. The molecule has 0 aliphatic heterocycles. The summed E-state index contributed by atoms with van der Waals surface area (Å²) in [7, 11) is 0. The van der Waals surface area contributed by atoms with Gasteiger partial charge in [-0.25, -0.2) is 4.98 Å². The van der Waals surface area contributed by atoms with Crippen molar-refractivity contribution in [1.82, 2.24) is 4.98 Å². The van der Waals surface area contributed by atoms with Gasteiger partial charge in [0.2, 0.25) is 0 Å². The fraction of sp³-hybridized carbons (Fsp3) is 0.333. The minimum Gasteiger partial charge on any atom is -0.494 e. The molecule has 2 rings (SSSR count). The minimum atomic E-state index is -0.101. The van der Waals surface area contributed by atoms with Crippen LogP contribution in [0.25, 0.3) is 10.2 Å². The van der Waals surface area contributed by atoms with Crippen LogP contribution in [0.5, 0.6) is 5.75 Å². The van der Waals surface area contributed by atoms with Gasteiger partial charge in [0, 0.05) is 5.57 Å². The van der Waals surface area contributed by atoms with Gasteiger partial charge in [0.15, 0.2) is 5.13 Å². The van der Waals surface area contributed by atoms with E-state index >= 15 is 0 Å². The van der Waals surface area contributed by atoms with Crippen LogP contribution in [0.2, 0.25) is 0 Å². The third-order valence-electron chi connectivity index (χ3n) is 2.76. The molecule has 0 saturated heterocycles. The number of ether oxygens (including phenoxy) is 1. The number of aromatic nitrogens is 1. The van der Waals surface area contributed by atoms with Gasteiger partial charge < -0.3 is 4.74 Å². The van der Waals surface area contributed by atoms with E-state index in [-0.39, 0.29) is 5.91 Å². The molecule has 1 aromatic carbocycles. The predicted octanol–water partition coefficient (Wildman–Crippen LogP) is 3.99. The number of thiazole rings is 1. The maximum absolute atomic E-state index is 11.9. The minimum absolute atomic E-state index is 0.101. The SMILES string of the molecule is CCC=C(C)C(=O)Nc1nc2ccc(OCC)cc2s1. The van der Waals surface area contributed by atoms with E-state index in [4.69, 9.17) is 4.74 Å². The molecule has 0 radical (unpaired) electrons. The van der Waals surface area contributed by atoms with Crippen molar-refractivity contribution in [1.29, 1.82) is 0 Å². The number of hydrogen-bond acceptors (Lipinski definition) is 4. The largest absolute Gasteiger partial charge is 0.494 e. The van der Waals surface area contributed by atoms with Gasteiger partial charge in [0.1, 0.15) is 5.75 Å². The van der Waals surface area contributed by atoms with E-state index in [0.717, 1.165) is 22.4 Å². The number of amides is 1. The molecule has 0 fully saturated rings. The fourth-order valence-corrected chi connectivity index (χ4v) is 2.70. The summed E-state index contributed by atoms with van der Waals surface area (Å²) >= 11 is 1.45. The molecule has 106 valence electrons. The number of carbonyl (C=O) groups excluding carboxylic acids is 1. The van der Waals surface area contributed by atoms with Gasteiger partial charge >= 0.3 is 0 Å². The topological polar surface area (TPSA) is 51.2 Å². The van der Waals surface area contributed by atoms with Crippen molar-refractivity contribution in [2.45, 2.75) is 27.2 Å². The molecular formula is C15H18N2O2S. The lowest BCUT2D eigenvalue weighted by atomic mass is 10.2. The van der Waals surface area contributed by atoms with Crippen molar-refractivity contribution < 1.29 is 9.53 Å². The summed E-state index contributed by atoms with van der Waals surface area (Å²) in [4.78, 5) is 16.3. The maximum atomic E-state index is 11.9. The monoisotopic (exact) mass is 290 g/mol. The number of hydrogen-bond donors (Lipinski definition) is 1. The number of benzene rings is 1. The lowest BCUT2D eigenvalue weighted by Crippen LogP contribution is -2.12. The Labute approximate surface area is 122 Å². The van der Waals surface area contributed by atoms with Crippen molar-refractivity contribution in [3.05, 3.63) is 29.8 Å². The van der Waals surface area contributed by atoms with Gasteiger partial charge in [-0.1, -0.05) is 24.3 Å². The van der Waals surface area contributed by atoms with Gasteiger partial charge in [0.05, 0.1) is 16.8 Å². The van der Waals surface area contributed by atoms with Gasteiger partial charge in [-0.15, -0.1) is 0 Å². The molecule has 4 nitrogen and oxygen atoms in total. The van der Waals surface area contributed by atoms with Crippen molar-refractivity contribution in [3.8, 4) is 5.75 Å². The lowest BCUT2D eigenvalue weighted by molar-refractivity contribution is -0.112. The second-order valence-corrected chi connectivity index (χ2v) is 5.36. The van der Waals surface area contributed by atoms with Crippen LogP contribution < -0.4 is 10.1 Å². The van der Waals surface area contributed by atoms with Crippen molar-refractivity contribution in [2.24, 2.45) is 0 Å². The highest BCUT2D eigenvalue weighted by Gasteiger charge is 2.09. The van der Waals surface area contributed by atoms with E-state index in [0.29, 0.717) is 17.3 Å². The summed E-state index contributed by atoms with van der Waals surface area (Å²) in [6.45, 7) is 6.39. The van der Waals surface area contributed by atoms with E-state index in [1.54, 1.807) is 6.92 Å². The summed E-state index contributed by atoms with van der Waals surface area (Å²) in [5.41, 5.74) is 1.58. The standard InChI is InChI=1S/C15H18N2O2S/c1-4-6-10(3)14(18)17-15-16-12-8-7-11(19-5-2)9-13(12)20-15/h6-9H,4-5H2,1-3H3,(H,16,17,18). The molecule has 0 aliphatic carbocycles. The van der Waals surface area contributed by atoms with Crippen LogP contribution in [0.1, 0.15) is 27.2 Å². The Hall–Kier alpha value is -1.88. The Morgan fingerprint density at radius 2 is 2.25 bits per heavy atom. The van der Waals surface area contributed by atoms with Crippen LogP contribution in [0.4, 0.5) is 5.13 Å². The van der Waals surface area contributed by atoms with Crippen LogP contribution >= 0.6 is 11.3 Å². The smallest absolute Gasteiger partial charge is 0.252 e. The molecule has 0 bridgehead atoms. The predicted molar refractivity (Wildman–Crippen MR) is 83.5 cm³/mol. The van der Waals surface area contributed by atoms with Gasteiger partial charge in [-0.2, -0.15) is 0 Å². The van der Waals surface area contributed by atoms with E-state index in [9.17, 15) is 4.79 Å². The van der Waals surface area contributed by atoms with Crippen LogP contribution in [-0.4, -0.2) is 17.5 Å². The average molecular weight is 290 g/mol. The van der Waals surface area contributed by atoms with Crippen LogP contribution in [0.15, 0.2) is 29.8 Å². The summed E-state index contributed by atoms with van der Waals surface area (Å²) in [6, 6.07) is 5.74. The molecule has 1 N–H and O–H groups in total. The lowest BCUT2D eigenvalue weighted by Gasteiger charge is -2.00. The van der Waals surface area contributed by atoms with Crippen LogP contribution in [0.3, 0.4) is 0 Å². The first-order valence-electron chi connectivity index (χ1n) is 6.65. The molecule has 1 heterocycles. The van der Waals surface area contributed by atoms with Crippen LogP contribution in [-0.2, 0) is 4.79 Å². The summed E-state index contributed by atoms with van der Waals surface area (Å²) in [5.74, 6) is 0.722. The van der Waals surface area contributed by atoms with Crippen molar-refractivity contribution in [3.63, 3.8) is 0 Å². The average Bonchev–Trinajstić information content (AvgIpc) is 2.80. The first kappa shape index (κ1) is 14.5. The molecule has 2 aromatic rings. The molecule has 0 atom stereocenters. The van der Waals surface area contributed by atoms with Gasteiger partial charge in [-0.3, -0.25) is 10.1 Å². The molecule has 1 amide bonds. The Balaban J connectivity index is 2.19. The van der Waals surface area contributed by atoms with E-state index in [2.05, 4.69) is 10.3 Å². The van der Waals surface area contributed by atoms with E-state index < -0.39 is 0 Å². The summed E-state index contributed by atoms with van der Waals surface area (Å²) < 4.78 is 6.46. The second kappa shape index (κ2) is 6.52. The van der Waals surface area contributed by atoms with Crippen molar-refractivity contribution >= 4 is 32.6 Å². The molecule has 0 saturated carbocycles. The first-order chi connectivity index (χ1) is 9.63. The Bertz CT molecular complexity index is 646. The number of fused-ring (bicyclic) bond motifs is 1. The summed E-state index contributed by atoms with van der Waals surface area (Å²) in [5, 5.41) is 3.44. The van der Waals surface area contributed by atoms with E-state index in [1.807, 2.05) is 38.1 Å². The number of allylic oxidation sites excluding steroid dienone is 1. The zero-order valence-corrected chi connectivity index (χ0v) is 12.7. The highest BCUT2D eigenvalue weighted by atomic mass is 32.1. The van der Waals surface area contributed by atoms with Gasteiger partial charge in [0.25, 0.3) is 5.91 Å². The highest BCUT2D eigenvalue weighted by molar-refractivity contribution is 7.22. The first-order valence-corrected chi connectivity index (χ1v) is 7.47. The Morgan fingerprint density at radius 1 is 1.45 bits per heavy atom. The van der Waals surface area contributed by atoms with Crippen LogP contribution in [0, 0.1) is 0 Å². The van der Waals surface area contributed by atoms with Crippen molar-refractivity contribution in [2.75, 3.05) is 11.9 Å².